The lowest BCUT2D eigenvalue weighted by Gasteiger charge is -2.10. The Labute approximate surface area is 125 Å². The first-order valence-corrected chi connectivity index (χ1v) is 7.03. The van der Waals surface area contributed by atoms with E-state index in [1.807, 2.05) is 24.3 Å². The SMILES string of the molecule is Cc1ccccc1CCNCc1ccccc1C(N)=NO. The molecule has 110 valence electrons. The number of hydrogen-bond acceptors (Lipinski definition) is 3. The fourth-order valence-electron chi connectivity index (χ4n) is 2.31. The second-order valence-corrected chi connectivity index (χ2v) is 5.00. The third kappa shape index (κ3) is 4.07. The van der Waals surface area contributed by atoms with E-state index in [9.17, 15) is 0 Å². The monoisotopic (exact) mass is 283 g/mol. The highest BCUT2D eigenvalue weighted by atomic mass is 16.4. The molecule has 0 aliphatic carbocycles. The maximum absolute atomic E-state index is 8.81. The van der Waals surface area contributed by atoms with Crippen LogP contribution < -0.4 is 11.1 Å². The van der Waals surface area contributed by atoms with E-state index >= 15 is 0 Å². The van der Waals surface area contributed by atoms with E-state index < -0.39 is 0 Å². The van der Waals surface area contributed by atoms with Gasteiger partial charge in [0.15, 0.2) is 5.84 Å². The summed E-state index contributed by atoms with van der Waals surface area (Å²) in [6.45, 7) is 3.71. The van der Waals surface area contributed by atoms with Gasteiger partial charge >= 0.3 is 0 Å². The van der Waals surface area contributed by atoms with E-state index in [4.69, 9.17) is 10.9 Å². The number of benzene rings is 2. The molecule has 2 rings (SSSR count). The van der Waals surface area contributed by atoms with Gasteiger partial charge in [0.2, 0.25) is 0 Å². The maximum atomic E-state index is 8.81. The zero-order valence-corrected chi connectivity index (χ0v) is 12.2. The highest BCUT2D eigenvalue weighted by molar-refractivity contribution is 5.98. The molecule has 0 radical (unpaired) electrons. The molecule has 0 saturated carbocycles. The summed E-state index contributed by atoms with van der Waals surface area (Å²) in [6.07, 6.45) is 0.985. The van der Waals surface area contributed by atoms with Gasteiger partial charge in [-0.25, -0.2) is 0 Å². The number of amidine groups is 1. The Kier molecular flexibility index (Phi) is 5.35. The van der Waals surface area contributed by atoms with E-state index in [0.29, 0.717) is 6.54 Å². The Morgan fingerprint density at radius 2 is 1.76 bits per heavy atom. The van der Waals surface area contributed by atoms with Crippen LogP contribution in [0.4, 0.5) is 0 Å². The van der Waals surface area contributed by atoms with Crippen molar-refractivity contribution in [2.75, 3.05) is 6.54 Å². The van der Waals surface area contributed by atoms with Crippen LogP contribution in [0.25, 0.3) is 0 Å². The Morgan fingerprint density at radius 3 is 2.48 bits per heavy atom. The Balaban J connectivity index is 1.91. The van der Waals surface area contributed by atoms with Crippen LogP contribution in [0.5, 0.6) is 0 Å². The third-order valence-electron chi connectivity index (χ3n) is 3.55. The normalized spacial score (nSPS) is 11.6. The summed E-state index contributed by atoms with van der Waals surface area (Å²) in [4.78, 5) is 0. The average Bonchev–Trinajstić information content (AvgIpc) is 2.52. The van der Waals surface area contributed by atoms with Crippen LogP contribution in [0.1, 0.15) is 22.3 Å². The standard InChI is InChI=1S/C17H21N3O/c1-13-6-2-3-7-14(13)10-11-19-12-15-8-4-5-9-16(15)17(18)20-21/h2-9,19,21H,10-12H2,1H3,(H2,18,20). The van der Waals surface area contributed by atoms with Crippen LogP contribution in [0.3, 0.4) is 0 Å². The van der Waals surface area contributed by atoms with Crippen LogP contribution in [0.2, 0.25) is 0 Å². The van der Waals surface area contributed by atoms with E-state index in [-0.39, 0.29) is 5.84 Å². The van der Waals surface area contributed by atoms with Crippen molar-refractivity contribution in [3.05, 3.63) is 70.8 Å². The summed E-state index contributed by atoms with van der Waals surface area (Å²) >= 11 is 0. The second kappa shape index (κ2) is 7.45. The van der Waals surface area contributed by atoms with Crippen molar-refractivity contribution in [2.24, 2.45) is 10.9 Å². The van der Waals surface area contributed by atoms with Crippen LogP contribution in [0.15, 0.2) is 53.7 Å². The van der Waals surface area contributed by atoms with Crippen molar-refractivity contribution in [2.45, 2.75) is 19.9 Å². The fourth-order valence-corrected chi connectivity index (χ4v) is 2.31. The third-order valence-corrected chi connectivity index (χ3v) is 3.55. The number of rotatable bonds is 6. The summed E-state index contributed by atoms with van der Waals surface area (Å²) in [5.74, 6) is 0.145. The lowest BCUT2D eigenvalue weighted by Crippen LogP contribution is -2.21. The Bertz CT molecular complexity index is 623. The number of aryl methyl sites for hydroxylation is 1. The van der Waals surface area contributed by atoms with Gasteiger partial charge < -0.3 is 16.3 Å². The van der Waals surface area contributed by atoms with Crippen LogP contribution in [-0.4, -0.2) is 17.6 Å². The van der Waals surface area contributed by atoms with Gasteiger partial charge in [-0.3, -0.25) is 0 Å². The topological polar surface area (TPSA) is 70.6 Å². The molecule has 2 aromatic rings. The van der Waals surface area contributed by atoms with Gasteiger partial charge in [0.25, 0.3) is 0 Å². The van der Waals surface area contributed by atoms with E-state index in [0.717, 1.165) is 24.1 Å². The second-order valence-electron chi connectivity index (χ2n) is 5.00. The van der Waals surface area contributed by atoms with Gasteiger partial charge in [-0.2, -0.15) is 0 Å². The molecule has 21 heavy (non-hydrogen) atoms. The zero-order valence-electron chi connectivity index (χ0n) is 12.2. The molecule has 0 heterocycles. The van der Waals surface area contributed by atoms with Crippen molar-refractivity contribution in [1.29, 1.82) is 0 Å². The summed E-state index contributed by atoms with van der Waals surface area (Å²) in [7, 11) is 0. The Hall–Kier alpha value is -2.33. The average molecular weight is 283 g/mol. The molecule has 0 aliphatic heterocycles. The smallest absolute Gasteiger partial charge is 0.170 e. The Morgan fingerprint density at radius 1 is 1.10 bits per heavy atom. The molecule has 4 heteroatoms. The van der Waals surface area contributed by atoms with Gasteiger partial charge in [0.05, 0.1) is 0 Å². The molecule has 0 aromatic heterocycles. The van der Waals surface area contributed by atoms with Crippen LogP contribution in [0, 0.1) is 6.92 Å². The minimum Gasteiger partial charge on any atom is -0.409 e. The number of nitrogens with one attached hydrogen (secondary N) is 1. The summed E-state index contributed by atoms with van der Waals surface area (Å²) in [6, 6.07) is 16.1. The lowest BCUT2D eigenvalue weighted by atomic mass is 10.1. The van der Waals surface area contributed by atoms with Crippen LogP contribution >= 0.6 is 0 Å². The molecule has 0 aliphatic rings. The molecule has 0 spiro atoms. The molecule has 0 fully saturated rings. The molecule has 0 unspecified atom stereocenters. The largest absolute Gasteiger partial charge is 0.409 e. The van der Waals surface area contributed by atoms with E-state index in [2.05, 4.69) is 41.7 Å². The minimum atomic E-state index is 0.145. The first-order valence-electron chi connectivity index (χ1n) is 7.03. The maximum Gasteiger partial charge on any atom is 0.170 e. The van der Waals surface area contributed by atoms with Gasteiger partial charge in [-0.1, -0.05) is 53.7 Å². The fraction of sp³-hybridized carbons (Fsp3) is 0.235. The first-order chi connectivity index (χ1) is 10.2. The molecule has 4 nitrogen and oxygen atoms in total. The van der Waals surface area contributed by atoms with Gasteiger partial charge in [-0.05, 0) is 36.6 Å². The van der Waals surface area contributed by atoms with Crippen molar-refractivity contribution in [1.82, 2.24) is 5.32 Å². The quantitative estimate of drug-likeness (QED) is 0.251. The predicted octanol–water partition coefficient (Wildman–Crippen LogP) is 2.42. The van der Waals surface area contributed by atoms with E-state index in [1.54, 1.807) is 0 Å². The van der Waals surface area contributed by atoms with Gasteiger partial charge in [0.1, 0.15) is 0 Å². The van der Waals surface area contributed by atoms with Gasteiger partial charge in [-0.15, -0.1) is 0 Å². The highest BCUT2D eigenvalue weighted by Gasteiger charge is 2.05. The number of oxime groups is 1. The highest BCUT2D eigenvalue weighted by Crippen LogP contribution is 2.09. The molecule has 4 N–H and O–H groups in total. The van der Waals surface area contributed by atoms with Gasteiger partial charge in [0, 0.05) is 12.1 Å². The summed E-state index contributed by atoms with van der Waals surface area (Å²) in [5.41, 5.74) is 10.1. The molecule has 0 atom stereocenters. The van der Waals surface area contributed by atoms with E-state index in [1.165, 1.54) is 11.1 Å². The molecule has 0 saturated heterocycles. The summed E-state index contributed by atoms with van der Waals surface area (Å²) < 4.78 is 0. The minimum absolute atomic E-state index is 0.145. The number of nitrogens with zero attached hydrogens (tertiary/aromatic N) is 1. The summed E-state index contributed by atoms with van der Waals surface area (Å²) in [5, 5.41) is 15.3. The first kappa shape index (κ1) is 15.1. The van der Waals surface area contributed by atoms with Crippen LogP contribution in [-0.2, 0) is 13.0 Å². The molecular formula is C17H21N3O. The molecular weight excluding hydrogens is 262 g/mol. The molecule has 2 aromatic carbocycles. The predicted molar refractivity (Wildman–Crippen MR) is 85.5 cm³/mol. The zero-order chi connectivity index (χ0) is 15.1. The lowest BCUT2D eigenvalue weighted by molar-refractivity contribution is 0.318. The molecule has 0 bridgehead atoms. The van der Waals surface area contributed by atoms with Crippen molar-refractivity contribution in [3.8, 4) is 0 Å². The van der Waals surface area contributed by atoms with Crippen molar-refractivity contribution < 1.29 is 5.21 Å². The molecule has 0 amide bonds. The van der Waals surface area contributed by atoms with Crippen molar-refractivity contribution in [3.63, 3.8) is 0 Å². The van der Waals surface area contributed by atoms with Crippen molar-refractivity contribution >= 4 is 5.84 Å². The number of nitrogens with two attached hydrogens (primary N) is 1. The number of hydrogen-bond donors (Lipinski definition) is 3.